The molecule has 2 rings (SSSR count). The maximum absolute atomic E-state index is 6.06. The van der Waals surface area contributed by atoms with Gasteiger partial charge in [0.25, 0.3) is 0 Å². The predicted octanol–water partition coefficient (Wildman–Crippen LogP) is 2.31. The maximum atomic E-state index is 6.06. The van der Waals surface area contributed by atoms with Crippen LogP contribution in [0.25, 0.3) is 0 Å². The van der Waals surface area contributed by atoms with E-state index in [1.165, 1.54) is 6.42 Å². The van der Waals surface area contributed by atoms with E-state index in [-0.39, 0.29) is 0 Å². The Balaban J connectivity index is 2.18. The van der Waals surface area contributed by atoms with E-state index >= 15 is 0 Å². The fourth-order valence-electron chi connectivity index (χ4n) is 2.24. The molecule has 0 spiro atoms. The lowest BCUT2D eigenvalue weighted by molar-refractivity contribution is 0.248. The lowest BCUT2D eigenvalue weighted by Crippen LogP contribution is -2.45. The summed E-state index contributed by atoms with van der Waals surface area (Å²) < 4.78 is 0. The number of halogens is 2. The Morgan fingerprint density at radius 1 is 1.41 bits per heavy atom. The maximum Gasteiger partial charge on any atom is 0.175 e. The summed E-state index contributed by atoms with van der Waals surface area (Å²) in [6.45, 7) is 2.19. The van der Waals surface area contributed by atoms with Crippen molar-refractivity contribution in [3.05, 3.63) is 16.4 Å². The molecular weight excluding hydrogens is 259 g/mol. The average molecular weight is 275 g/mol. The minimum atomic E-state index is 0.375. The highest BCUT2D eigenvalue weighted by atomic mass is 35.5. The summed E-state index contributed by atoms with van der Waals surface area (Å²) in [6, 6.07) is 2.22. The van der Waals surface area contributed by atoms with Gasteiger partial charge in [0.05, 0.1) is 5.69 Å². The van der Waals surface area contributed by atoms with E-state index in [0.29, 0.717) is 16.3 Å². The van der Waals surface area contributed by atoms with Crippen molar-refractivity contribution in [2.45, 2.75) is 18.9 Å². The number of piperidine rings is 1. The second kappa shape index (κ2) is 5.38. The topological polar surface area (TPSA) is 32.3 Å². The molecule has 0 N–H and O–H groups in total. The van der Waals surface area contributed by atoms with Crippen LogP contribution in [-0.2, 0) is 0 Å². The summed E-state index contributed by atoms with van der Waals surface area (Å²) in [6.07, 6.45) is 2.37. The van der Waals surface area contributed by atoms with Gasteiger partial charge in [0.1, 0.15) is 0 Å². The van der Waals surface area contributed by atoms with Crippen LogP contribution in [0.5, 0.6) is 0 Å². The molecule has 1 atom stereocenters. The van der Waals surface area contributed by atoms with Gasteiger partial charge < -0.3 is 9.80 Å². The summed E-state index contributed by atoms with van der Waals surface area (Å²) in [5.74, 6) is 0. The molecule has 0 aliphatic carbocycles. The van der Waals surface area contributed by atoms with Crippen molar-refractivity contribution in [1.29, 1.82) is 0 Å². The summed E-state index contributed by atoms with van der Waals surface area (Å²) in [4.78, 5) is 4.48. The third-order valence-corrected chi connectivity index (χ3v) is 3.68. The van der Waals surface area contributed by atoms with Crippen molar-refractivity contribution in [1.82, 2.24) is 15.1 Å². The molecule has 0 aromatic carbocycles. The molecule has 0 amide bonds. The van der Waals surface area contributed by atoms with Crippen LogP contribution in [0, 0.1) is 0 Å². The van der Waals surface area contributed by atoms with Crippen LogP contribution in [0.4, 0.5) is 5.69 Å². The Labute approximate surface area is 112 Å². The number of aromatic nitrogens is 2. The number of rotatable bonds is 2. The standard InChI is InChI=1S/C11H16Cl2N4/c1-16-5-3-4-8(7-16)17(2)9-6-10(12)14-15-11(9)13/h6,8H,3-5,7H2,1-2H3. The molecule has 1 aromatic rings. The Morgan fingerprint density at radius 2 is 2.18 bits per heavy atom. The van der Waals surface area contributed by atoms with Crippen LogP contribution < -0.4 is 4.90 Å². The first kappa shape index (κ1) is 12.9. The van der Waals surface area contributed by atoms with Crippen molar-refractivity contribution < 1.29 is 0 Å². The third kappa shape index (κ3) is 3.00. The first-order chi connectivity index (χ1) is 8.08. The SMILES string of the molecule is CN1CCCC(N(C)c2cc(Cl)nnc2Cl)C1. The molecule has 1 aliphatic rings. The van der Waals surface area contributed by atoms with Gasteiger partial charge in [-0.1, -0.05) is 23.2 Å². The number of likely N-dealkylation sites (N-methyl/N-ethyl adjacent to an activating group) is 2. The highest BCUT2D eigenvalue weighted by Gasteiger charge is 2.23. The molecule has 1 unspecified atom stereocenters. The van der Waals surface area contributed by atoms with Crippen LogP contribution in [0.15, 0.2) is 6.07 Å². The van der Waals surface area contributed by atoms with Crippen LogP contribution >= 0.6 is 23.2 Å². The minimum absolute atomic E-state index is 0.375. The zero-order valence-electron chi connectivity index (χ0n) is 10.0. The fraction of sp³-hybridized carbons (Fsp3) is 0.636. The highest BCUT2D eigenvalue weighted by Crippen LogP contribution is 2.28. The highest BCUT2D eigenvalue weighted by molar-refractivity contribution is 6.33. The van der Waals surface area contributed by atoms with Gasteiger partial charge in [0.2, 0.25) is 0 Å². The van der Waals surface area contributed by atoms with Gasteiger partial charge in [-0.3, -0.25) is 0 Å². The van der Waals surface area contributed by atoms with Gasteiger partial charge in [0, 0.05) is 25.7 Å². The molecule has 0 radical (unpaired) electrons. The molecule has 17 heavy (non-hydrogen) atoms. The summed E-state index contributed by atoms with van der Waals surface area (Å²) in [5.41, 5.74) is 0.854. The number of nitrogens with zero attached hydrogens (tertiary/aromatic N) is 4. The number of anilines is 1. The number of hydrogen-bond acceptors (Lipinski definition) is 4. The van der Waals surface area contributed by atoms with Gasteiger partial charge in [-0.2, -0.15) is 0 Å². The third-order valence-electron chi connectivity index (χ3n) is 3.23. The summed E-state index contributed by atoms with van der Waals surface area (Å²) in [7, 11) is 4.17. The summed E-state index contributed by atoms with van der Waals surface area (Å²) in [5, 5.41) is 8.35. The van der Waals surface area contributed by atoms with Crippen molar-refractivity contribution in [2.75, 3.05) is 32.1 Å². The van der Waals surface area contributed by atoms with Crippen molar-refractivity contribution in [2.24, 2.45) is 0 Å². The molecule has 4 nitrogen and oxygen atoms in total. The Kier molecular flexibility index (Phi) is 4.07. The summed E-state index contributed by atoms with van der Waals surface area (Å²) >= 11 is 11.9. The molecule has 6 heteroatoms. The second-order valence-electron chi connectivity index (χ2n) is 4.51. The monoisotopic (exact) mass is 274 g/mol. The van der Waals surface area contributed by atoms with Crippen LogP contribution in [0.2, 0.25) is 10.3 Å². The van der Waals surface area contributed by atoms with E-state index in [0.717, 1.165) is 25.2 Å². The Hall–Kier alpha value is -0.580. The largest absolute Gasteiger partial charge is 0.368 e. The van der Waals surface area contributed by atoms with Crippen LogP contribution in [0.1, 0.15) is 12.8 Å². The Bertz CT molecular complexity index is 399. The van der Waals surface area contributed by atoms with Crippen LogP contribution in [-0.4, -0.2) is 48.3 Å². The molecule has 0 bridgehead atoms. The van der Waals surface area contributed by atoms with Crippen molar-refractivity contribution >= 4 is 28.9 Å². The van der Waals surface area contributed by atoms with Gasteiger partial charge in [-0.05, 0) is 26.4 Å². The first-order valence-electron chi connectivity index (χ1n) is 5.68. The number of likely N-dealkylation sites (tertiary alicyclic amines) is 1. The van der Waals surface area contributed by atoms with Crippen molar-refractivity contribution in [3.63, 3.8) is 0 Å². The second-order valence-corrected chi connectivity index (χ2v) is 5.26. The van der Waals surface area contributed by atoms with Gasteiger partial charge in [0.15, 0.2) is 10.3 Å². The molecular formula is C11H16Cl2N4. The Morgan fingerprint density at radius 3 is 2.88 bits per heavy atom. The zero-order chi connectivity index (χ0) is 12.4. The molecule has 1 saturated heterocycles. The van der Waals surface area contributed by atoms with E-state index in [4.69, 9.17) is 23.2 Å². The smallest absolute Gasteiger partial charge is 0.175 e. The van der Waals surface area contributed by atoms with Gasteiger partial charge in [-0.25, -0.2) is 0 Å². The average Bonchev–Trinajstić information content (AvgIpc) is 2.31. The zero-order valence-corrected chi connectivity index (χ0v) is 11.5. The van der Waals surface area contributed by atoms with E-state index < -0.39 is 0 Å². The molecule has 0 saturated carbocycles. The fourth-order valence-corrected chi connectivity index (χ4v) is 2.61. The first-order valence-corrected chi connectivity index (χ1v) is 6.43. The van der Waals surface area contributed by atoms with Crippen LogP contribution in [0.3, 0.4) is 0 Å². The molecule has 1 aliphatic heterocycles. The van der Waals surface area contributed by atoms with E-state index in [9.17, 15) is 0 Å². The van der Waals surface area contributed by atoms with Crippen molar-refractivity contribution in [3.8, 4) is 0 Å². The molecule has 1 aromatic heterocycles. The number of hydrogen-bond donors (Lipinski definition) is 0. The van der Waals surface area contributed by atoms with E-state index in [2.05, 4.69) is 27.0 Å². The predicted molar refractivity (Wildman–Crippen MR) is 71.0 cm³/mol. The van der Waals surface area contributed by atoms with Gasteiger partial charge in [-0.15, -0.1) is 10.2 Å². The molecule has 1 fully saturated rings. The lowest BCUT2D eigenvalue weighted by Gasteiger charge is -2.37. The molecule has 2 heterocycles. The minimum Gasteiger partial charge on any atom is -0.368 e. The molecule has 94 valence electrons. The van der Waals surface area contributed by atoms with E-state index in [1.807, 2.05) is 7.05 Å². The van der Waals surface area contributed by atoms with Gasteiger partial charge >= 0.3 is 0 Å². The quantitative estimate of drug-likeness (QED) is 0.829. The normalized spacial score (nSPS) is 21.5. The van der Waals surface area contributed by atoms with E-state index in [1.54, 1.807) is 6.07 Å². The lowest BCUT2D eigenvalue weighted by atomic mass is 10.0.